The Morgan fingerprint density at radius 1 is 1.07 bits per heavy atom. The van der Waals surface area contributed by atoms with Crippen molar-refractivity contribution in [2.45, 2.75) is 135 Å². The number of fused-ring (bicyclic) bond motifs is 1. The first kappa shape index (κ1) is 36.0. The number of rotatable bonds is 5. The molecule has 14 atom stereocenters. The first-order valence-electron chi connectivity index (χ1n) is 16.6. The van der Waals surface area contributed by atoms with Crippen molar-refractivity contribution in [3.8, 4) is 0 Å². The van der Waals surface area contributed by atoms with Gasteiger partial charge in [-0.25, -0.2) is 4.79 Å². The number of methoxy groups -OCH3 is 1. The van der Waals surface area contributed by atoms with Gasteiger partial charge in [0, 0.05) is 37.2 Å². The Bertz CT molecular complexity index is 1110. The van der Waals surface area contributed by atoms with Crippen LogP contribution in [-0.2, 0) is 28.5 Å². The fourth-order valence-corrected chi connectivity index (χ4v) is 8.46. The molecule has 258 valence electrons. The summed E-state index contributed by atoms with van der Waals surface area (Å²) in [5, 5.41) is 23.1. The molecule has 0 aromatic rings. The van der Waals surface area contributed by atoms with Gasteiger partial charge in [0.1, 0.15) is 12.2 Å². The predicted octanol–water partition coefficient (Wildman–Crippen LogP) is 2.87. The van der Waals surface area contributed by atoms with Crippen molar-refractivity contribution in [3.05, 3.63) is 0 Å². The van der Waals surface area contributed by atoms with Crippen LogP contribution in [0, 0.1) is 23.7 Å². The van der Waals surface area contributed by atoms with Crippen molar-refractivity contribution in [1.82, 2.24) is 9.80 Å². The Morgan fingerprint density at radius 3 is 2.33 bits per heavy atom. The van der Waals surface area contributed by atoms with Gasteiger partial charge in [0.25, 0.3) is 0 Å². The zero-order valence-corrected chi connectivity index (χ0v) is 29.1. The van der Waals surface area contributed by atoms with Gasteiger partial charge in [-0.1, -0.05) is 27.7 Å². The van der Waals surface area contributed by atoms with Gasteiger partial charge in [0.05, 0.1) is 42.4 Å². The molecule has 3 fully saturated rings. The molecule has 4 aliphatic heterocycles. The maximum absolute atomic E-state index is 13.7. The van der Waals surface area contributed by atoms with E-state index in [-0.39, 0.29) is 24.0 Å². The molecule has 12 heteroatoms. The maximum Gasteiger partial charge on any atom is 0.410 e. The normalized spacial score (nSPS) is 46.6. The summed E-state index contributed by atoms with van der Waals surface area (Å²) in [6.45, 7) is 16.1. The zero-order valence-electron chi connectivity index (χ0n) is 29.1. The van der Waals surface area contributed by atoms with Crippen LogP contribution in [0.5, 0.6) is 0 Å². The zero-order chi connectivity index (χ0) is 33.6. The molecule has 12 nitrogen and oxygen atoms in total. The summed E-state index contributed by atoms with van der Waals surface area (Å²) in [5.41, 5.74) is -1.20. The third-order valence-electron chi connectivity index (χ3n) is 11.1. The van der Waals surface area contributed by atoms with Crippen molar-refractivity contribution in [1.29, 1.82) is 0 Å². The molecule has 4 heterocycles. The summed E-state index contributed by atoms with van der Waals surface area (Å²) in [7, 11) is 5.44. The number of hydrogen-bond donors (Lipinski definition) is 2. The monoisotopic (exact) mass is 639 g/mol. The van der Waals surface area contributed by atoms with Crippen LogP contribution in [0.4, 0.5) is 4.79 Å². The van der Waals surface area contributed by atoms with Crippen LogP contribution in [0.2, 0.25) is 0 Å². The fourth-order valence-electron chi connectivity index (χ4n) is 8.46. The summed E-state index contributed by atoms with van der Waals surface area (Å²) < 4.78 is 31.3. The molecular weight excluding hydrogens is 582 g/mol. The van der Waals surface area contributed by atoms with E-state index in [4.69, 9.17) is 28.7 Å². The summed E-state index contributed by atoms with van der Waals surface area (Å²) in [6, 6.07) is -0.607. The molecule has 0 radical (unpaired) electrons. The van der Waals surface area contributed by atoms with E-state index in [1.165, 1.54) is 0 Å². The second kappa shape index (κ2) is 13.7. The molecule has 4 aliphatic rings. The molecule has 45 heavy (non-hydrogen) atoms. The van der Waals surface area contributed by atoms with Gasteiger partial charge in [-0.15, -0.1) is 0 Å². The van der Waals surface area contributed by atoms with Crippen LogP contribution in [0.1, 0.15) is 74.7 Å². The number of nitrogens with zero attached hydrogens (tertiary/aromatic N) is 3. The molecule has 4 rings (SSSR count). The quantitative estimate of drug-likeness (QED) is 0.432. The molecule has 0 aromatic carbocycles. The Hall–Kier alpha value is -1.83. The molecule has 2 bridgehead atoms. The van der Waals surface area contributed by atoms with Gasteiger partial charge < -0.3 is 38.8 Å². The van der Waals surface area contributed by atoms with Crippen LogP contribution in [0.25, 0.3) is 0 Å². The lowest BCUT2D eigenvalue weighted by molar-refractivity contribution is -0.301. The lowest BCUT2D eigenvalue weighted by Gasteiger charge is -2.48. The highest BCUT2D eigenvalue weighted by molar-refractivity contribution is 5.91. The van der Waals surface area contributed by atoms with Crippen LogP contribution in [0.15, 0.2) is 4.99 Å². The van der Waals surface area contributed by atoms with Gasteiger partial charge in [-0.3, -0.25) is 14.7 Å². The maximum atomic E-state index is 13.7. The number of aliphatic hydroxyl groups is 2. The van der Waals surface area contributed by atoms with Crippen molar-refractivity contribution in [2.75, 3.05) is 34.3 Å². The summed E-state index contributed by atoms with van der Waals surface area (Å²) >= 11 is 0. The fraction of sp³-hybridized carbons (Fsp3) is 0.909. The second-order valence-electron chi connectivity index (χ2n) is 14.5. The van der Waals surface area contributed by atoms with Crippen LogP contribution >= 0.6 is 0 Å². The Kier molecular flexibility index (Phi) is 11.0. The van der Waals surface area contributed by atoms with E-state index in [1.54, 1.807) is 18.9 Å². The number of amides is 1. The van der Waals surface area contributed by atoms with Crippen LogP contribution < -0.4 is 0 Å². The van der Waals surface area contributed by atoms with Crippen molar-refractivity contribution < 1.29 is 43.5 Å². The lowest BCUT2D eigenvalue weighted by Crippen LogP contribution is -2.60. The predicted molar refractivity (Wildman–Crippen MR) is 168 cm³/mol. The molecule has 3 saturated heterocycles. The minimum absolute atomic E-state index is 0.117. The van der Waals surface area contributed by atoms with Gasteiger partial charge in [-0.05, 0) is 67.0 Å². The van der Waals surface area contributed by atoms with E-state index in [9.17, 15) is 19.8 Å². The molecule has 0 unspecified atom stereocenters. The van der Waals surface area contributed by atoms with Crippen molar-refractivity contribution in [3.63, 3.8) is 0 Å². The van der Waals surface area contributed by atoms with E-state index in [0.717, 1.165) is 5.71 Å². The molecule has 0 spiro atoms. The van der Waals surface area contributed by atoms with Gasteiger partial charge in [0.2, 0.25) is 0 Å². The van der Waals surface area contributed by atoms with E-state index in [2.05, 4.69) is 13.8 Å². The van der Waals surface area contributed by atoms with Crippen LogP contribution in [-0.4, -0.2) is 132 Å². The van der Waals surface area contributed by atoms with E-state index >= 15 is 0 Å². The summed E-state index contributed by atoms with van der Waals surface area (Å²) in [5.74, 6) is -2.50. The molecule has 0 saturated carbocycles. The molecule has 2 N–H and O–H groups in total. The Balaban J connectivity index is 1.80. The third-order valence-corrected chi connectivity index (χ3v) is 11.1. The number of aliphatic imine (C=N–C) groups is 1. The number of likely N-dealkylation sites (N-methyl/N-ethyl adjacent to an activating group) is 1. The smallest absolute Gasteiger partial charge is 0.410 e. The highest BCUT2D eigenvalue weighted by Crippen LogP contribution is 2.44. The number of ether oxygens (including phenoxy) is 5. The van der Waals surface area contributed by atoms with Gasteiger partial charge in [0.15, 0.2) is 11.9 Å². The van der Waals surface area contributed by atoms with Crippen molar-refractivity contribution in [2.24, 2.45) is 28.7 Å². The number of carbonyl (C=O) groups excluding carboxylic acids is 2. The molecule has 0 aliphatic carbocycles. The van der Waals surface area contributed by atoms with E-state index in [1.807, 2.05) is 53.6 Å². The standard InChI is InChI=1S/C33H57N3O9/c1-12-23-33(8)27-19(4)24(34-13-14-36(27)31(40)45-33)17(2)16-32(7,41-11)28(20(5)25(37)21(6)29(39)43-23)44-30-26(38)22(35(9)10)15-18(3)42-30/h17-23,25-28,30,37-38H,12-16H2,1-11H3/t17-,18-,19+,20+,21-,22+,23+,25+,26-,27-,28+,30+,32-,33-/m1/s1. The van der Waals surface area contributed by atoms with Gasteiger partial charge >= 0.3 is 12.1 Å². The second-order valence-corrected chi connectivity index (χ2v) is 14.5. The molecule has 0 aromatic heterocycles. The molecule has 1 amide bonds. The summed E-state index contributed by atoms with van der Waals surface area (Å²) in [6.07, 6.45) is -3.76. The Labute approximate surface area is 268 Å². The number of carbonyl (C=O) groups is 2. The average Bonchev–Trinajstić information content (AvgIpc) is 3.11. The summed E-state index contributed by atoms with van der Waals surface area (Å²) in [4.78, 5) is 35.6. The van der Waals surface area contributed by atoms with Crippen LogP contribution in [0.3, 0.4) is 0 Å². The SMILES string of the molecule is CC[C@@H]1OC(=O)[C@H](C)[C@@H](O)[C@H](C)[C@H](O[C@@H]2O[C@H](C)C[C@H](N(C)C)[C@H]2O)[C@](C)(OC)C[C@@H](C)C2=NCCN3C(=O)O[C@@]1(C)[C@H]3[C@H]2C. The minimum Gasteiger partial charge on any atom is -0.458 e. The highest BCUT2D eigenvalue weighted by Gasteiger charge is 2.60. The van der Waals surface area contributed by atoms with E-state index < -0.39 is 71.8 Å². The van der Waals surface area contributed by atoms with Crippen molar-refractivity contribution >= 4 is 17.8 Å². The number of cyclic esters (lactones) is 1. The number of esters is 1. The lowest BCUT2D eigenvalue weighted by atomic mass is 9.73. The average molecular weight is 640 g/mol. The number of hydrogen-bond acceptors (Lipinski definition) is 11. The van der Waals surface area contributed by atoms with E-state index in [0.29, 0.717) is 32.4 Å². The Morgan fingerprint density at radius 2 is 1.73 bits per heavy atom. The largest absolute Gasteiger partial charge is 0.458 e. The van der Waals surface area contributed by atoms with Gasteiger partial charge in [-0.2, -0.15) is 0 Å². The topological polar surface area (TPSA) is 140 Å². The first-order valence-corrected chi connectivity index (χ1v) is 16.6. The molecular formula is C33H57N3O9. The minimum atomic E-state index is -1.19. The third kappa shape index (κ3) is 6.65. The number of aliphatic hydroxyl groups excluding tert-OH is 2. The first-order chi connectivity index (χ1) is 21.0. The highest BCUT2D eigenvalue weighted by atomic mass is 16.7.